The van der Waals surface area contributed by atoms with E-state index in [1.807, 2.05) is 32.0 Å². The molecule has 0 amide bonds. The fourth-order valence-electron chi connectivity index (χ4n) is 4.37. The highest BCUT2D eigenvalue weighted by molar-refractivity contribution is 7.89. The second-order valence-corrected chi connectivity index (χ2v) is 11.1. The van der Waals surface area contributed by atoms with Crippen LogP contribution in [0.25, 0.3) is 22.2 Å². The molecule has 5 rings (SSSR count). The first-order valence-corrected chi connectivity index (χ1v) is 13.5. The molecule has 1 saturated carbocycles. The van der Waals surface area contributed by atoms with E-state index in [-0.39, 0.29) is 22.9 Å². The molecule has 184 valence electrons. The first-order chi connectivity index (χ1) is 17.4. The Labute approximate surface area is 210 Å². The first kappa shape index (κ1) is 24.0. The van der Waals surface area contributed by atoms with Crippen molar-refractivity contribution in [3.8, 4) is 29.1 Å². The molecule has 36 heavy (non-hydrogen) atoms. The monoisotopic (exact) mass is 501 g/mol. The maximum Gasteiger partial charge on any atom is 0.321 e. The molecule has 0 bridgehead atoms. The van der Waals surface area contributed by atoms with Gasteiger partial charge in [-0.15, -0.1) is 0 Å². The van der Waals surface area contributed by atoms with Crippen molar-refractivity contribution < 1.29 is 13.2 Å². The molecule has 2 aromatic carbocycles. The molecule has 0 radical (unpaired) electrons. The number of rotatable bonds is 8. The molecule has 0 unspecified atom stereocenters. The Balaban J connectivity index is 1.59. The van der Waals surface area contributed by atoms with Crippen LogP contribution in [0.4, 0.5) is 0 Å². The number of nitriles is 1. The molecule has 2 aromatic heterocycles. The molecular weight excluding hydrogens is 474 g/mol. The van der Waals surface area contributed by atoms with Gasteiger partial charge in [-0.1, -0.05) is 26.0 Å². The lowest BCUT2D eigenvalue weighted by Crippen LogP contribution is -2.27. The number of sulfonamides is 1. The fourth-order valence-corrected chi connectivity index (χ4v) is 5.58. The molecule has 0 saturated heterocycles. The second kappa shape index (κ2) is 9.72. The molecule has 8 nitrogen and oxygen atoms in total. The molecular formula is C27H27N5O3S. The van der Waals surface area contributed by atoms with Gasteiger partial charge in [-0.3, -0.25) is 0 Å². The zero-order valence-electron chi connectivity index (χ0n) is 20.2. The van der Waals surface area contributed by atoms with Gasteiger partial charge in [0.05, 0.1) is 21.7 Å². The smallest absolute Gasteiger partial charge is 0.321 e. The third kappa shape index (κ3) is 4.57. The van der Waals surface area contributed by atoms with E-state index >= 15 is 0 Å². The second-order valence-electron chi connectivity index (χ2n) is 9.37. The summed E-state index contributed by atoms with van der Waals surface area (Å²) < 4.78 is 36.1. The average molecular weight is 502 g/mol. The summed E-state index contributed by atoms with van der Waals surface area (Å²) in [7, 11) is -3.60. The summed E-state index contributed by atoms with van der Waals surface area (Å²) in [5.41, 5.74) is 3.05. The summed E-state index contributed by atoms with van der Waals surface area (Å²) in [6.07, 6.45) is 6.39. The number of benzene rings is 2. The van der Waals surface area contributed by atoms with Crippen molar-refractivity contribution in [3.63, 3.8) is 0 Å². The van der Waals surface area contributed by atoms with Crippen LogP contribution in [0.15, 0.2) is 65.8 Å². The number of hydrogen-bond donors (Lipinski definition) is 1. The minimum Gasteiger partial charge on any atom is -0.424 e. The number of fused-ring (bicyclic) bond motifs is 1. The highest BCUT2D eigenvalue weighted by Gasteiger charge is 2.28. The summed E-state index contributed by atoms with van der Waals surface area (Å²) in [5, 5.41) is 11.0. The van der Waals surface area contributed by atoms with Crippen molar-refractivity contribution in [1.29, 1.82) is 5.26 Å². The van der Waals surface area contributed by atoms with Crippen molar-refractivity contribution in [3.05, 3.63) is 66.5 Å². The Bertz CT molecular complexity index is 1530. The molecule has 1 N–H and O–H groups in total. The normalized spacial score (nSPS) is 14.1. The maximum absolute atomic E-state index is 12.7. The summed E-state index contributed by atoms with van der Waals surface area (Å²) in [4.78, 5) is 8.46. The van der Waals surface area contributed by atoms with Crippen LogP contribution in [-0.4, -0.2) is 29.5 Å². The van der Waals surface area contributed by atoms with Gasteiger partial charge in [-0.05, 0) is 61.1 Å². The Morgan fingerprint density at radius 2 is 1.86 bits per heavy atom. The highest BCUT2D eigenvalue weighted by Crippen LogP contribution is 2.43. The predicted octanol–water partition coefficient (Wildman–Crippen LogP) is 5.42. The first-order valence-electron chi connectivity index (χ1n) is 12.0. The largest absolute Gasteiger partial charge is 0.424 e. The van der Waals surface area contributed by atoms with Crippen molar-refractivity contribution >= 4 is 20.9 Å². The molecule has 2 heterocycles. The Morgan fingerprint density at radius 1 is 1.14 bits per heavy atom. The third-order valence-electron chi connectivity index (χ3n) is 6.40. The molecule has 0 atom stereocenters. The zero-order valence-corrected chi connectivity index (χ0v) is 21.0. The highest BCUT2D eigenvalue weighted by atomic mass is 32.2. The van der Waals surface area contributed by atoms with Crippen LogP contribution in [0.3, 0.4) is 0 Å². The zero-order chi connectivity index (χ0) is 25.3. The van der Waals surface area contributed by atoms with Gasteiger partial charge >= 0.3 is 6.01 Å². The van der Waals surface area contributed by atoms with Gasteiger partial charge in [0.15, 0.2) is 0 Å². The van der Waals surface area contributed by atoms with E-state index in [0.29, 0.717) is 17.9 Å². The minimum absolute atomic E-state index is 0.204. The van der Waals surface area contributed by atoms with Crippen LogP contribution in [0.1, 0.15) is 44.7 Å². The van der Waals surface area contributed by atoms with E-state index in [9.17, 15) is 13.7 Å². The van der Waals surface area contributed by atoms with Gasteiger partial charge in [0.25, 0.3) is 0 Å². The number of nitrogens with one attached hydrogen (secondary N) is 1. The molecule has 1 fully saturated rings. The summed E-state index contributed by atoms with van der Waals surface area (Å²) in [6.45, 7) is 4.28. The number of ether oxygens (including phenoxy) is 1. The van der Waals surface area contributed by atoms with E-state index in [0.717, 1.165) is 41.4 Å². The van der Waals surface area contributed by atoms with E-state index in [4.69, 9.17) is 4.74 Å². The van der Waals surface area contributed by atoms with Gasteiger partial charge < -0.3 is 9.30 Å². The van der Waals surface area contributed by atoms with Crippen molar-refractivity contribution in [2.24, 2.45) is 5.92 Å². The van der Waals surface area contributed by atoms with Crippen LogP contribution < -0.4 is 9.46 Å². The molecule has 9 heteroatoms. The minimum atomic E-state index is -3.60. The Kier molecular flexibility index (Phi) is 6.48. The quantitative estimate of drug-likeness (QED) is 0.345. The van der Waals surface area contributed by atoms with Gasteiger partial charge in [-0.2, -0.15) is 5.26 Å². The lowest BCUT2D eigenvalue weighted by molar-refractivity contribution is 0.324. The SMILES string of the molecule is CC(C)CNS(=O)(=O)c1ccc(-c2c(C#N)c3ccc(Oc4ncccn4)cc3n2C2CCC2)cc1. The van der Waals surface area contributed by atoms with Crippen molar-refractivity contribution in [2.45, 2.75) is 44.0 Å². The van der Waals surface area contributed by atoms with E-state index < -0.39 is 10.0 Å². The predicted molar refractivity (Wildman–Crippen MR) is 137 cm³/mol. The van der Waals surface area contributed by atoms with Crippen LogP contribution >= 0.6 is 0 Å². The fraction of sp³-hybridized carbons (Fsp3) is 0.296. The number of aromatic nitrogens is 3. The summed E-state index contributed by atoms with van der Waals surface area (Å²) in [6, 6.07) is 17.0. The van der Waals surface area contributed by atoms with Crippen molar-refractivity contribution in [2.75, 3.05) is 6.54 Å². The Hall–Kier alpha value is -3.74. The third-order valence-corrected chi connectivity index (χ3v) is 7.84. The van der Waals surface area contributed by atoms with Crippen LogP contribution in [0.5, 0.6) is 11.8 Å². The summed E-state index contributed by atoms with van der Waals surface area (Å²) >= 11 is 0. The standard InChI is InChI=1S/C27H27N5O3S/c1-18(2)17-31-36(33,34)22-10-7-19(8-11-22)26-24(16-28)23-12-9-21(35-27-29-13-4-14-30-27)15-25(23)32(26)20-5-3-6-20/h4,7-15,18,20,31H,3,5-6,17H2,1-2H3. The molecule has 0 aliphatic heterocycles. The van der Waals surface area contributed by atoms with Gasteiger partial charge in [-0.25, -0.2) is 23.1 Å². The molecule has 4 aromatic rings. The van der Waals surface area contributed by atoms with E-state index in [1.54, 1.807) is 42.7 Å². The lowest BCUT2D eigenvalue weighted by atomic mass is 9.92. The maximum atomic E-state index is 12.7. The topological polar surface area (TPSA) is 110 Å². The van der Waals surface area contributed by atoms with E-state index in [1.165, 1.54) is 0 Å². The van der Waals surface area contributed by atoms with Gasteiger partial charge in [0.1, 0.15) is 11.8 Å². The van der Waals surface area contributed by atoms with Crippen LogP contribution in [-0.2, 0) is 10.0 Å². The van der Waals surface area contributed by atoms with Crippen LogP contribution in [0, 0.1) is 17.2 Å². The number of hydrogen-bond acceptors (Lipinski definition) is 6. The van der Waals surface area contributed by atoms with Crippen LogP contribution in [0.2, 0.25) is 0 Å². The van der Waals surface area contributed by atoms with Gasteiger partial charge in [0.2, 0.25) is 10.0 Å². The van der Waals surface area contributed by atoms with Gasteiger partial charge in [0, 0.05) is 36.4 Å². The average Bonchev–Trinajstić information content (AvgIpc) is 3.16. The molecule has 0 spiro atoms. The lowest BCUT2D eigenvalue weighted by Gasteiger charge is -2.30. The molecule has 1 aliphatic rings. The van der Waals surface area contributed by atoms with E-state index in [2.05, 4.69) is 25.3 Å². The summed E-state index contributed by atoms with van der Waals surface area (Å²) in [5.74, 6) is 0.790. The Morgan fingerprint density at radius 3 is 2.47 bits per heavy atom. The number of nitrogens with zero attached hydrogens (tertiary/aromatic N) is 4. The van der Waals surface area contributed by atoms with Crippen molar-refractivity contribution in [1.82, 2.24) is 19.3 Å². The molecule has 1 aliphatic carbocycles.